The van der Waals surface area contributed by atoms with Crippen molar-refractivity contribution in [1.82, 2.24) is 5.32 Å². The summed E-state index contributed by atoms with van der Waals surface area (Å²) in [5.41, 5.74) is 0. The molecule has 2 amide bonds. The minimum absolute atomic E-state index is 0.137. The summed E-state index contributed by atoms with van der Waals surface area (Å²) in [6.07, 6.45) is 36.7. The van der Waals surface area contributed by atoms with Gasteiger partial charge in [-0.15, -0.1) is 0 Å². The van der Waals surface area contributed by atoms with Gasteiger partial charge < -0.3 is 9.47 Å². The van der Waals surface area contributed by atoms with Gasteiger partial charge in [0.2, 0.25) is 5.91 Å². The Morgan fingerprint density at radius 3 is 0.957 bits per heavy atom. The second kappa shape index (κ2) is 30.2. The zero-order valence-corrected chi connectivity index (χ0v) is 30.8. The molecule has 1 aliphatic heterocycles. The highest BCUT2D eigenvalue weighted by Gasteiger charge is 2.54. The van der Waals surface area contributed by atoms with Gasteiger partial charge in [0.1, 0.15) is 6.42 Å². The monoisotopic (exact) mass is 664 g/mol. The van der Waals surface area contributed by atoms with Crippen LogP contribution >= 0.6 is 0 Å². The molecule has 0 unspecified atom stereocenters. The maximum Gasteiger partial charge on any atom is 0.345 e. The molecule has 0 radical (unpaired) electrons. The fourth-order valence-corrected chi connectivity index (χ4v) is 6.49. The van der Waals surface area contributed by atoms with Crippen molar-refractivity contribution in [2.45, 2.75) is 232 Å². The van der Waals surface area contributed by atoms with Crippen LogP contribution in [0.1, 0.15) is 226 Å². The number of hydrogen-bond acceptors (Lipinski definition) is 6. The zero-order valence-electron chi connectivity index (χ0n) is 30.8. The van der Waals surface area contributed by atoms with Crippen LogP contribution in [0.5, 0.6) is 0 Å². The van der Waals surface area contributed by atoms with Crippen LogP contribution in [-0.2, 0) is 28.7 Å². The Labute approximate surface area is 288 Å². The number of amides is 2. The lowest BCUT2D eigenvalue weighted by Crippen LogP contribution is -2.46. The first kappa shape index (κ1) is 43.1. The second-order valence-corrected chi connectivity index (χ2v) is 14.2. The average molecular weight is 664 g/mol. The maximum absolute atomic E-state index is 12.6. The van der Waals surface area contributed by atoms with E-state index >= 15 is 0 Å². The minimum atomic E-state index is -2.16. The standard InChI is InChI=1S/C40H73NO6/c1-3-5-7-9-11-13-15-17-19-21-23-25-27-29-31-33-37(43)46-40(35-36(42)41-39(40)45)47-38(44)34-32-30-28-26-24-22-20-18-16-14-12-10-8-6-4-2/h3-35H2,1-2H3,(H,41,42,45). The van der Waals surface area contributed by atoms with Gasteiger partial charge in [0.25, 0.3) is 0 Å². The van der Waals surface area contributed by atoms with Crippen molar-refractivity contribution in [2.24, 2.45) is 0 Å². The first-order valence-electron chi connectivity index (χ1n) is 20.2. The molecule has 7 heteroatoms. The first-order chi connectivity index (χ1) is 22.9. The Morgan fingerprint density at radius 1 is 0.468 bits per heavy atom. The van der Waals surface area contributed by atoms with Gasteiger partial charge in [0.15, 0.2) is 0 Å². The molecule has 0 bridgehead atoms. The van der Waals surface area contributed by atoms with E-state index in [1.807, 2.05) is 0 Å². The van der Waals surface area contributed by atoms with E-state index in [2.05, 4.69) is 19.2 Å². The number of hydrogen-bond donors (Lipinski definition) is 1. The zero-order chi connectivity index (χ0) is 34.3. The lowest BCUT2D eigenvalue weighted by molar-refractivity contribution is -0.222. The van der Waals surface area contributed by atoms with Crippen molar-refractivity contribution >= 4 is 23.8 Å². The van der Waals surface area contributed by atoms with Crippen LogP contribution in [0, 0.1) is 0 Å². The van der Waals surface area contributed by atoms with E-state index in [1.54, 1.807) is 0 Å². The Morgan fingerprint density at radius 2 is 0.723 bits per heavy atom. The van der Waals surface area contributed by atoms with Gasteiger partial charge >= 0.3 is 23.6 Å². The summed E-state index contributed by atoms with van der Waals surface area (Å²) in [5.74, 6) is -4.84. The number of carbonyl (C=O) groups is 4. The summed E-state index contributed by atoms with van der Waals surface area (Å²) >= 11 is 0. The van der Waals surface area contributed by atoms with E-state index in [9.17, 15) is 19.2 Å². The molecule has 274 valence electrons. The summed E-state index contributed by atoms with van der Waals surface area (Å²) < 4.78 is 10.8. The molecule has 0 saturated carbocycles. The van der Waals surface area contributed by atoms with Gasteiger partial charge in [0.05, 0.1) is 0 Å². The summed E-state index contributed by atoms with van der Waals surface area (Å²) in [5, 5.41) is 2.13. The van der Waals surface area contributed by atoms with E-state index in [-0.39, 0.29) is 12.8 Å². The van der Waals surface area contributed by atoms with Gasteiger partial charge in [-0.05, 0) is 12.8 Å². The number of nitrogens with one attached hydrogen (secondary N) is 1. The Bertz CT molecular complexity index is 765. The summed E-state index contributed by atoms with van der Waals surface area (Å²) in [6, 6.07) is 0. The van der Waals surface area contributed by atoms with Gasteiger partial charge in [-0.2, -0.15) is 0 Å². The largest absolute Gasteiger partial charge is 0.413 e. The van der Waals surface area contributed by atoms with E-state index in [1.165, 1.54) is 141 Å². The van der Waals surface area contributed by atoms with Gasteiger partial charge in [-0.25, -0.2) is 0 Å². The van der Waals surface area contributed by atoms with Crippen LogP contribution in [0.2, 0.25) is 0 Å². The van der Waals surface area contributed by atoms with E-state index < -0.39 is 36.0 Å². The number of imide groups is 1. The van der Waals surface area contributed by atoms with Crippen molar-refractivity contribution in [3.8, 4) is 0 Å². The summed E-state index contributed by atoms with van der Waals surface area (Å²) in [6.45, 7) is 4.52. The topological polar surface area (TPSA) is 98.8 Å². The maximum atomic E-state index is 12.6. The van der Waals surface area contributed by atoms with Crippen LogP contribution in [-0.4, -0.2) is 29.5 Å². The summed E-state index contributed by atoms with van der Waals surface area (Å²) in [7, 11) is 0. The molecule has 0 atom stereocenters. The SMILES string of the molecule is CCCCCCCCCCCCCCCCCC(=O)OC1(OC(=O)CCCCCCCCCCCCCCCCC)CC(=O)NC1=O. The Balaban J connectivity index is 2.10. The van der Waals surface area contributed by atoms with E-state index in [0.29, 0.717) is 12.8 Å². The van der Waals surface area contributed by atoms with Crippen molar-refractivity contribution < 1.29 is 28.7 Å². The number of esters is 2. The highest BCUT2D eigenvalue weighted by Crippen LogP contribution is 2.26. The Hall–Kier alpha value is -1.92. The van der Waals surface area contributed by atoms with Crippen LogP contribution in [0.3, 0.4) is 0 Å². The fraction of sp³-hybridized carbons (Fsp3) is 0.900. The molecule has 0 aromatic carbocycles. The second-order valence-electron chi connectivity index (χ2n) is 14.2. The van der Waals surface area contributed by atoms with Crippen LogP contribution < -0.4 is 5.32 Å². The number of carbonyl (C=O) groups excluding carboxylic acids is 4. The first-order valence-corrected chi connectivity index (χ1v) is 20.2. The lowest BCUT2D eigenvalue weighted by Gasteiger charge is -2.25. The molecule has 1 rings (SSSR count). The lowest BCUT2D eigenvalue weighted by atomic mass is 10.0. The smallest absolute Gasteiger partial charge is 0.345 e. The van der Waals surface area contributed by atoms with Crippen molar-refractivity contribution in [3.05, 3.63) is 0 Å². The summed E-state index contributed by atoms with van der Waals surface area (Å²) in [4.78, 5) is 49.6. The molecule has 0 spiro atoms. The average Bonchev–Trinajstić information content (AvgIpc) is 3.31. The molecule has 7 nitrogen and oxygen atoms in total. The quantitative estimate of drug-likeness (QED) is 0.0318. The molecule has 0 aromatic heterocycles. The van der Waals surface area contributed by atoms with Gasteiger partial charge in [-0.3, -0.25) is 24.5 Å². The highest BCUT2D eigenvalue weighted by atomic mass is 16.7. The predicted molar refractivity (Wildman–Crippen MR) is 192 cm³/mol. The van der Waals surface area contributed by atoms with E-state index in [0.717, 1.165) is 38.5 Å². The molecule has 0 aromatic rings. The van der Waals surface area contributed by atoms with Crippen LogP contribution in [0.25, 0.3) is 0 Å². The Kier molecular flexibility index (Phi) is 27.7. The predicted octanol–water partition coefficient (Wildman–Crippen LogP) is 11.3. The number of ether oxygens (including phenoxy) is 2. The molecule has 1 fully saturated rings. The molecular formula is C40H73NO6. The number of rotatable bonds is 34. The molecule has 1 saturated heterocycles. The van der Waals surface area contributed by atoms with Crippen LogP contribution in [0.4, 0.5) is 0 Å². The van der Waals surface area contributed by atoms with Crippen molar-refractivity contribution in [3.63, 3.8) is 0 Å². The highest BCUT2D eigenvalue weighted by molar-refractivity contribution is 6.08. The van der Waals surface area contributed by atoms with Gasteiger partial charge in [0, 0.05) is 12.8 Å². The third-order valence-electron chi connectivity index (χ3n) is 9.52. The molecule has 1 N–H and O–H groups in total. The fourth-order valence-electron chi connectivity index (χ4n) is 6.49. The normalized spacial score (nSPS) is 14.0. The molecular weight excluding hydrogens is 590 g/mol. The van der Waals surface area contributed by atoms with Gasteiger partial charge in [-0.1, -0.05) is 194 Å². The minimum Gasteiger partial charge on any atom is -0.413 e. The van der Waals surface area contributed by atoms with Crippen molar-refractivity contribution in [2.75, 3.05) is 0 Å². The molecule has 1 aliphatic rings. The molecule has 0 aliphatic carbocycles. The van der Waals surface area contributed by atoms with Crippen molar-refractivity contribution in [1.29, 1.82) is 0 Å². The third kappa shape index (κ3) is 24.0. The number of unbranched alkanes of at least 4 members (excludes halogenated alkanes) is 28. The van der Waals surface area contributed by atoms with Crippen LogP contribution in [0.15, 0.2) is 0 Å². The molecule has 47 heavy (non-hydrogen) atoms. The third-order valence-corrected chi connectivity index (χ3v) is 9.52. The van der Waals surface area contributed by atoms with E-state index in [4.69, 9.17) is 9.47 Å². The molecule has 1 heterocycles.